The normalized spacial score (nSPS) is 17.9. The number of esters is 1. The van der Waals surface area contributed by atoms with Crippen molar-refractivity contribution in [2.75, 3.05) is 0 Å². The Morgan fingerprint density at radius 3 is 2.44 bits per heavy atom. The van der Waals surface area contributed by atoms with Crippen molar-refractivity contribution in [3.8, 4) is 6.07 Å². The van der Waals surface area contributed by atoms with E-state index < -0.39 is 11.0 Å². The predicted molar refractivity (Wildman–Crippen MR) is 61.4 cm³/mol. The third-order valence-corrected chi connectivity index (χ3v) is 2.17. The fourth-order valence-corrected chi connectivity index (χ4v) is 1.54. The second kappa shape index (κ2) is 4.52. The van der Waals surface area contributed by atoms with Crippen molar-refractivity contribution in [1.29, 1.82) is 5.26 Å². The number of carbonyl (C=O) groups is 1. The molecule has 0 spiro atoms. The minimum absolute atomic E-state index is 0.0772. The summed E-state index contributed by atoms with van der Waals surface area (Å²) in [6.07, 6.45) is 8.24. The maximum absolute atomic E-state index is 11.6. The molecule has 0 aromatic rings. The summed E-state index contributed by atoms with van der Waals surface area (Å²) >= 11 is 0. The Bertz CT molecular complexity index is 354. The van der Waals surface area contributed by atoms with Gasteiger partial charge < -0.3 is 4.74 Å². The number of ether oxygens (including phenoxy) is 1. The second-order valence-electron chi connectivity index (χ2n) is 4.96. The Morgan fingerprint density at radius 2 is 2.00 bits per heavy atom. The van der Waals surface area contributed by atoms with Crippen LogP contribution in [0.25, 0.3) is 0 Å². The molecule has 3 nitrogen and oxygen atoms in total. The van der Waals surface area contributed by atoms with E-state index in [1.807, 2.05) is 32.9 Å². The molecule has 0 aromatic carbocycles. The molecule has 1 rings (SSSR count). The van der Waals surface area contributed by atoms with E-state index in [0.29, 0.717) is 0 Å². The molecule has 0 N–H and O–H groups in total. The van der Waals surface area contributed by atoms with Crippen molar-refractivity contribution in [3.63, 3.8) is 0 Å². The van der Waals surface area contributed by atoms with E-state index in [4.69, 9.17) is 10.00 Å². The van der Waals surface area contributed by atoms with Crippen LogP contribution in [0, 0.1) is 16.7 Å². The summed E-state index contributed by atoms with van der Waals surface area (Å²) in [5, 5.41) is 9.13. The minimum Gasteiger partial charge on any atom is -0.460 e. The molecule has 0 atom stereocenters. The maximum Gasteiger partial charge on any atom is 0.308 e. The third-order valence-electron chi connectivity index (χ3n) is 2.17. The molecular weight excluding hydrogens is 202 g/mol. The highest BCUT2D eigenvalue weighted by Crippen LogP contribution is 2.29. The minimum atomic E-state index is -0.819. The van der Waals surface area contributed by atoms with Crippen LogP contribution in [-0.4, -0.2) is 11.6 Å². The van der Waals surface area contributed by atoms with Crippen molar-refractivity contribution in [2.45, 2.75) is 39.2 Å². The maximum atomic E-state index is 11.6. The van der Waals surface area contributed by atoms with Gasteiger partial charge in [0.2, 0.25) is 0 Å². The van der Waals surface area contributed by atoms with Gasteiger partial charge in [0, 0.05) is 0 Å². The first-order valence-electron chi connectivity index (χ1n) is 5.35. The van der Waals surface area contributed by atoms with Crippen LogP contribution in [0.15, 0.2) is 24.3 Å². The van der Waals surface area contributed by atoms with E-state index in [1.54, 1.807) is 12.2 Å². The monoisotopic (exact) mass is 219 g/mol. The van der Waals surface area contributed by atoms with E-state index >= 15 is 0 Å². The van der Waals surface area contributed by atoms with Crippen LogP contribution in [0.5, 0.6) is 0 Å². The molecular formula is C13H17NO2. The highest BCUT2D eigenvalue weighted by atomic mass is 16.6. The van der Waals surface area contributed by atoms with E-state index in [1.165, 1.54) is 0 Å². The first-order chi connectivity index (χ1) is 7.37. The number of rotatable bonds is 2. The van der Waals surface area contributed by atoms with Gasteiger partial charge in [-0.2, -0.15) is 5.26 Å². The first-order valence-corrected chi connectivity index (χ1v) is 5.35. The lowest BCUT2D eigenvalue weighted by molar-refractivity contribution is -0.155. The van der Waals surface area contributed by atoms with Crippen molar-refractivity contribution in [1.82, 2.24) is 0 Å². The smallest absolute Gasteiger partial charge is 0.308 e. The molecule has 0 saturated heterocycles. The molecule has 1 aliphatic rings. The number of nitrogens with zero attached hydrogens (tertiary/aromatic N) is 1. The van der Waals surface area contributed by atoms with Gasteiger partial charge in [-0.1, -0.05) is 24.3 Å². The Balaban J connectivity index is 2.69. The number of hydrogen-bond donors (Lipinski definition) is 0. The average Bonchev–Trinajstić information content (AvgIpc) is 2.16. The summed E-state index contributed by atoms with van der Waals surface area (Å²) in [6, 6.07) is 2.16. The van der Waals surface area contributed by atoms with Crippen molar-refractivity contribution >= 4 is 5.97 Å². The Hall–Kier alpha value is -1.56. The van der Waals surface area contributed by atoms with Crippen molar-refractivity contribution in [3.05, 3.63) is 24.3 Å². The van der Waals surface area contributed by atoms with Crippen LogP contribution in [0.4, 0.5) is 0 Å². The van der Waals surface area contributed by atoms with Crippen molar-refractivity contribution in [2.24, 2.45) is 5.41 Å². The lowest BCUT2D eigenvalue weighted by Gasteiger charge is -2.24. The summed E-state index contributed by atoms with van der Waals surface area (Å²) in [7, 11) is 0. The largest absolute Gasteiger partial charge is 0.460 e. The number of carbonyl (C=O) groups excluding carboxylic acids is 1. The highest BCUT2D eigenvalue weighted by Gasteiger charge is 2.30. The van der Waals surface area contributed by atoms with Gasteiger partial charge in [0.15, 0.2) is 0 Å². The molecule has 16 heavy (non-hydrogen) atoms. The van der Waals surface area contributed by atoms with Gasteiger partial charge in [0.1, 0.15) is 11.0 Å². The van der Waals surface area contributed by atoms with Crippen LogP contribution in [0.1, 0.15) is 33.6 Å². The van der Waals surface area contributed by atoms with E-state index in [-0.39, 0.29) is 12.4 Å². The van der Waals surface area contributed by atoms with Crippen molar-refractivity contribution < 1.29 is 9.53 Å². The zero-order valence-corrected chi connectivity index (χ0v) is 9.99. The Kier molecular flexibility index (Phi) is 3.54. The molecule has 86 valence electrons. The molecule has 0 amide bonds. The van der Waals surface area contributed by atoms with E-state index in [2.05, 4.69) is 6.07 Å². The molecule has 0 heterocycles. The molecule has 1 aliphatic carbocycles. The van der Waals surface area contributed by atoms with Gasteiger partial charge in [-0.3, -0.25) is 4.79 Å². The summed E-state index contributed by atoms with van der Waals surface area (Å²) in [6.45, 7) is 5.45. The average molecular weight is 219 g/mol. The van der Waals surface area contributed by atoms with Crippen LogP contribution >= 0.6 is 0 Å². The van der Waals surface area contributed by atoms with Gasteiger partial charge in [-0.15, -0.1) is 0 Å². The molecule has 0 saturated carbocycles. The molecule has 0 radical (unpaired) electrons. The number of allylic oxidation sites excluding steroid dienone is 4. The zero-order valence-electron chi connectivity index (χ0n) is 9.99. The molecule has 3 heteroatoms. The Morgan fingerprint density at radius 1 is 1.44 bits per heavy atom. The lowest BCUT2D eigenvalue weighted by atomic mass is 9.82. The van der Waals surface area contributed by atoms with E-state index in [0.717, 1.165) is 6.42 Å². The van der Waals surface area contributed by atoms with Crippen LogP contribution in [0.2, 0.25) is 0 Å². The topological polar surface area (TPSA) is 50.1 Å². The zero-order chi connectivity index (χ0) is 12.2. The van der Waals surface area contributed by atoms with Gasteiger partial charge in [0.05, 0.1) is 12.5 Å². The molecule has 0 aromatic heterocycles. The predicted octanol–water partition coefficient (Wildman–Crippen LogP) is 2.74. The Labute approximate surface area is 96.4 Å². The second-order valence-corrected chi connectivity index (χ2v) is 4.96. The lowest BCUT2D eigenvalue weighted by Crippen LogP contribution is -2.28. The number of hydrogen-bond acceptors (Lipinski definition) is 3. The first kappa shape index (κ1) is 12.5. The fourth-order valence-electron chi connectivity index (χ4n) is 1.54. The standard InChI is InChI=1S/C13H17NO2/c1-12(2,3)16-11(15)9-13(10-14)7-5-4-6-8-13/h5-8H,4,9H2,1-3H3. The molecule has 0 unspecified atom stereocenters. The SMILES string of the molecule is CC(C)(C)OC(=O)CC1(C#N)C=CCC=C1. The summed E-state index contributed by atoms with van der Waals surface area (Å²) in [5.74, 6) is -0.342. The van der Waals surface area contributed by atoms with Gasteiger partial charge >= 0.3 is 5.97 Å². The van der Waals surface area contributed by atoms with Gasteiger partial charge in [-0.25, -0.2) is 0 Å². The van der Waals surface area contributed by atoms with Crippen LogP contribution in [0.3, 0.4) is 0 Å². The molecule has 0 bridgehead atoms. The third kappa shape index (κ3) is 3.54. The van der Waals surface area contributed by atoms with E-state index in [9.17, 15) is 4.79 Å². The van der Waals surface area contributed by atoms with Crippen LogP contribution < -0.4 is 0 Å². The fraction of sp³-hybridized carbons (Fsp3) is 0.538. The highest BCUT2D eigenvalue weighted by molar-refractivity contribution is 5.72. The summed E-state index contributed by atoms with van der Waals surface area (Å²) in [5.41, 5.74) is -1.32. The quantitative estimate of drug-likeness (QED) is 0.530. The molecule has 0 fully saturated rings. The number of nitriles is 1. The summed E-state index contributed by atoms with van der Waals surface area (Å²) in [4.78, 5) is 11.6. The molecule has 0 aliphatic heterocycles. The van der Waals surface area contributed by atoms with Gasteiger partial charge in [0.25, 0.3) is 0 Å². The van der Waals surface area contributed by atoms with Crippen LogP contribution in [-0.2, 0) is 9.53 Å². The van der Waals surface area contributed by atoms with Gasteiger partial charge in [-0.05, 0) is 27.2 Å². The summed E-state index contributed by atoms with van der Waals surface area (Å²) < 4.78 is 5.21.